The summed E-state index contributed by atoms with van der Waals surface area (Å²) in [5, 5.41) is 9.38. The van der Waals surface area contributed by atoms with Gasteiger partial charge in [0.15, 0.2) is 6.10 Å². The Morgan fingerprint density at radius 1 is 1.36 bits per heavy atom. The maximum atomic E-state index is 13.8. The molecule has 0 bridgehead atoms. The Kier molecular flexibility index (Phi) is 5.88. The number of sulfonamides is 1. The Labute approximate surface area is 147 Å². The molecular weight excluding hydrogens is 371 g/mol. The van der Waals surface area contributed by atoms with Crippen LogP contribution >= 0.6 is 11.3 Å². The Hall–Kier alpha value is -2.30. The first-order chi connectivity index (χ1) is 11.7. The number of amides is 1. The average molecular weight is 386 g/mol. The number of thiophene rings is 1. The molecule has 7 nitrogen and oxygen atoms in total. The number of nitrogens with two attached hydrogens (primary N) is 1. The van der Waals surface area contributed by atoms with Gasteiger partial charge in [-0.2, -0.15) is 0 Å². The molecule has 0 spiro atoms. The summed E-state index contributed by atoms with van der Waals surface area (Å²) in [5.41, 5.74) is -0.621. The molecular formula is C15H15FN2O5S2. The fourth-order valence-corrected chi connectivity index (χ4v) is 3.03. The zero-order chi connectivity index (χ0) is 18.6. The van der Waals surface area contributed by atoms with Gasteiger partial charge < -0.3 is 10.1 Å². The fraction of sp³-hybridized carbons (Fsp3) is 0.200. The van der Waals surface area contributed by atoms with Gasteiger partial charge in [0, 0.05) is 4.88 Å². The molecule has 1 aromatic heterocycles. The topological polar surface area (TPSA) is 116 Å². The van der Waals surface area contributed by atoms with E-state index in [1.165, 1.54) is 18.3 Å². The molecule has 0 radical (unpaired) electrons. The SMILES string of the molecule is C[C@@H](OC(=O)c1cc(S(N)(=O)=O)ccc1F)C(=O)NCc1cccs1. The summed E-state index contributed by atoms with van der Waals surface area (Å²) < 4.78 is 41.2. The number of hydrogen-bond acceptors (Lipinski definition) is 6. The summed E-state index contributed by atoms with van der Waals surface area (Å²) >= 11 is 1.45. The minimum absolute atomic E-state index is 0.271. The van der Waals surface area contributed by atoms with Crippen LogP contribution in [-0.4, -0.2) is 26.4 Å². The molecule has 25 heavy (non-hydrogen) atoms. The van der Waals surface area contributed by atoms with Crippen LogP contribution < -0.4 is 10.5 Å². The third kappa shape index (κ3) is 5.08. The van der Waals surface area contributed by atoms with E-state index >= 15 is 0 Å². The lowest BCUT2D eigenvalue weighted by atomic mass is 10.2. The highest BCUT2D eigenvalue weighted by atomic mass is 32.2. The summed E-state index contributed by atoms with van der Waals surface area (Å²) in [6.45, 7) is 1.59. The Morgan fingerprint density at radius 2 is 2.08 bits per heavy atom. The number of benzene rings is 1. The smallest absolute Gasteiger partial charge is 0.341 e. The summed E-state index contributed by atoms with van der Waals surface area (Å²) in [6.07, 6.45) is -1.19. The van der Waals surface area contributed by atoms with Gasteiger partial charge in [0.2, 0.25) is 10.0 Å². The van der Waals surface area contributed by atoms with Crippen LogP contribution in [0, 0.1) is 5.82 Å². The molecule has 2 aromatic rings. The van der Waals surface area contributed by atoms with Gasteiger partial charge in [-0.1, -0.05) is 6.07 Å². The van der Waals surface area contributed by atoms with Crippen LogP contribution in [0.4, 0.5) is 4.39 Å². The van der Waals surface area contributed by atoms with Crippen LogP contribution in [0.15, 0.2) is 40.6 Å². The molecule has 0 aliphatic rings. The second-order valence-corrected chi connectivity index (χ2v) is 7.63. The van der Waals surface area contributed by atoms with Gasteiger partial charge in [0.25, 0.3) is 5.91 Å². The maximum absolute atomic E-state index is 13.8. The standard InChI is InChI=1S/C15H15FN2O5S2/c1-9(14(19)18-8-10-3-2-6-24-10)23-15(20)12-7-11(25(17,21)22)4-5-13(12)16/h2-7,9H,8H2,1H3,(H,18,19)(H2,17,21,22)/t9-/m1/s1. The van der Waals surface area contributed by atoms with Crippen molar-refractivity contribution in [3.05, 3.63) is 52.0 Å². The van der Waals surface area contributed by atoms with E-state index in [4.69, 9.17) is 9.88 Å². The van der Waals surface area contributed by atoms with E-state index in [0.717, 1.165) is 23.1 Å². The normalized spacial score (nSPS) is 12.4. The molecule has 0 aliphatic heterocycles. The molecule has 0 unspecified atom stereocenters. The number of esters is 1. The number of nitrogens with one attached hydrogen (secondary N) is 1. The third-order valence-corrected chi connectivity index (χ3v) is 4.94. The predicted octanol–water partition coefficient (Wildman–Crippen LogP) is 1.40. The maximum Gasteiger partial charge on any atom is 0.341 e. The van der Waals surface area contributed by atoms with Gasteiger partial charge in [0.1, 0.15) is 5.82 Å². The van der Waals surface area contributed by atoms with Crippen molar-refractivity contribution in [2.24, 2.45) is 5.14 Å². The molecule has 10 heteroatoms. The molecule has 0 saturated heterocycles. The van der Waals surface area contributed by atoms with Crippen LogP contribution in [0.3, 0.4) is 0 Å². The van der Waals surface area contributed by atoms with E-state index in [9.17, 15) is 22.4 Å². The van der Waals surface area contributed by atoms with Gasteiger partial charge in [-0.05, 0) is 36.6 Å². The second kappa shape index (κ2) is 7.72. The number of ether oxygens (including phenoxy) is 1. The van der Waals surface area contributed by atoms with Crippen molar-refractivity contribution < 1.29 is 27.1 Å². The van der Waals surface area contributed by atoms with E-state index < -0.39 is 44.3 Å². The van der Waals surface area contributed by atoms with E-state index in [0.29, 0.717) is 0 Å². The van der Waals surface area contributed by atoms with Gasteiger partial charge in [-0.15, -0.1) is 11.3 Å². The Morgan fingerprint density at radius 3 is 2.68 bits per heavy atom. The first-order valence-corrected chi connectivity index (χ1v) is 9.44. The molecule has 1 heterocycles. The highest BCUT2D eigenvalue weighted by Crippen LogP contribution is 2.16. The van der Waals surface area contributed by atoms with Crippen molar-refractivity contribution in [1.82, 2.24) is 5.32 Å². The quantitative estimate of drug-likeness (QED) is 0.728. The van der Waals surface area contributed by atoms with Crippen molar-refractivity contribution >= 4 is 33.2 Å². The first kappa shape index (κ1) is 19.0. The minimum Gasteiger partial charge on any atom is -0.449 e. The van der Waals surface area contributed by atoms with Crippen LogP contribution in [0.25, 0.3) is 0 Å². The van der Waals surface area contributed by atoms with Crippen molar-refractivity contribution in [3.63, 3.8) is 0 Å². The highest BCUT2D eigenvalue weighted by molar-refractivity contribution is 7.89. The van der Waals surface area contributed by atoms with Gasteiger partial charge in [-0.3, -0.25) is 4.79 Å². The number of halogens is 1. The fourth-order valence-electron chi connectivity index (χ4n) is 1.85. The van der Waals surface area contributed by atoms with Crippen molar-refractivity contribution in [2.75, 3.05) is 0 Å². The second-order valence-electron chi connectivity index (χ2n) is 5.03. The number of primary sulfonamides is 1. The summed E-state index contributed by atoms with van der Waals surface area (Å²) in [7, 11) is -4.11. The zero-order valence-corrected chi connectivity index (χ0v) is 14.7. The lowest BCUT2D eigenvalue weighted by Crippen LogP contribution is -2.35. The van der Waals surface area contributed by atoms with Gasteiger partial charge in [-0.25, -0.2) is 22.7 Å². The van der Waals surface area contributed by atoms with Gasteiger partial charge in [0.05, 0.1) is 17.0 Å². The summed E-state index contributed by atoms with van der Waals surface area (Å²) in [5.74, 6) is -2.71. The van der Waals surface area contributed by atoms with Crippen molar-refractivity contribution in [3.8, 4) is 0 Å². The summed E-state index contributed by atoms with van der Waals surface area (Å²) in [6, 6.07) is 6.15. The first-order valence-electron chi connectivity index (χ1n) is 7.02. The zero-order valence-electron chi connectivity index (χ0n) is 13.1. The number of carbonyl (C=O) groups excluding carboxylic acids is 2. The summed E-state index contributed by atoms with van der Waals surface area (Å²) in [4.78, 5) is 24.4. The lowest BCUT2D eigenvalue weighted by Gasteiger charge is -2.13. The average Bonchev–Trinajstić information content (AvgIpc) is 3.05. The Balaban J connectivity index is 2.04. The molecule has 2 rings (SSSR count). The van der Waals surface area contributed by atoms with E-state index in [2.05, 4.69) is 5.32 Å². The van der Waals surface area contributed by atoms with Crippen LogP contribution in [0.5, 0.6) is 0 Å². The predicted molar refractivity (Wildman–Crippen MR) is 88.8 cm³/mol. The van der Waals surface area contributed by atoms with Crippen molar-refractivity contribution in [2.45, 2.75) is 24.5 Å². The monoisotopic (exact) mass is 386 g/mol. The highest BCUT2D eigenvalue weighted by Gasteiger charge is 2.23. The molecule has 0 saturated carbocycles. The molecule has 3 N–H and O–H groups in total. The molecule has 1 amide bonds. The van der Waals surface area contributed by atoms with Crippen LogP contribution in [0.2, 0.25) is 0 Å². The van der Waals surface area contributed by atoms with E-state index in [1.807, 2.05) is 17.5 Å². The molecule has 0 aliphatic carbocycles. The lowest BCUT2D eigenvalue weighted by molar-refractivity contribution is -0.129. The van der Waals surface area contributed by atoms with Gasteiger partial charge >= 0.3 is 5.97 Å². The third-order valence-electron chi connectivity index (χ3n) is 3.16. The molecule has 0 fully saturated rings. The largest absolute Gasteiger partial charge is 0.449 e. The van der Waals surface area contributed by atoms with E-state index in [-0.39, 0.29) is 6.54 Å². The number of rotatable bonds is 6. The van der Waals surface area contributed by atoms with Crippen LogP contribution in [-0.2, 0) is 26.1 Å². The minimum atomic E-state index is -4.11. The van der Waals surface area contributed by atoms with E-state index in [1.54, 1.807) is 0 Å². The molecule has 1 aromatic carbocycles. The number of carbonyl (C=O) groups is 2. The Bertz CT molecular complexity index is 881. The van der Waals surface area contributed by atoms with Crippen LogP contribution in [0.1, 0.15) is 22.2 Å². The molecule has 134 valence electrons. The molecule has 1 atom stereocenters. The number of hydrogen-bond donors (Lipinski definition) is 2. The van der Waals surface area contributed by atoms with Crippen molar-refractivity contribution in [1.29, 1.82) is 0 Å².